The van der Waals surface area contributed by atoms with Crippen LogP contribution < -0.4 is 16.0 Å². The zero-order chi connectivity index (χ0) is 39.9. The van der Waals surface area contributed by atoms with Gasteiger partial charge in [0.05, 0.1) is 26.2 Å². The Bertz CT molecular complexity index is 1300. The molecular formula is C37H60IN7O9. The van der Waals surface area contributed by atoms with E-state index in [1.165, 1.54) is 9.13 Å². The van der Waals surface area contributed by atoms with Gasteiger partial charge < -0.3 is 31.3 Å². The highest BCUT2D eigenvalue weighted by Gasteiger charge is 2.24. The Morgan fingerprint density at radius 3 is 1.57 bits per heavy atom. The number of nitrogens with zero attached hydrogens (tertiary/aromatic N) is 4. The SMILES string of the molecule is CC(C)CCNC(=O)[C@H](CCCCNC(=O)CCCc1ccc(I)cc1)NC(=O)CN1CCN(CC(=O)O)CCN(CC(=O)O)CCN(CC(=O)O)CC1. The lowest BCUT2D eigenvalue weighted by atomic mass is 10.1. The summed E-state index contributed by atoms with van der Waals surface area (Å²) in [6, 6.07) is 7.44. The highest BCUT2D eigenvalue weighted by Crippen LogP contribution is 2.10. The standard InChI is InChI=1S/C37H60IN7O9/c1-28(2)13-15-40-37(54)31(7-3-4-14-39-32(46)8-5-6-29-9-11-30(38)12-10-29)41-33(47)24-42-16-18-43(25-34(48)49)20-22-45(27-36(52)53)23-21-44(19-17-42)26-35(50)51/h9-12,28,31H,3-8,13-27H2,1-2H3,(H,39,46)(H,40,54)(H,41,47)(H,48,49)(H,50,51)(H,52,53)/t31-/m0/s1. The molecule has 1 aromatic rings. The van der Waals surface area contributed by atoms with Gasteiger partial charge in [0.2, 0.25) is 17.7 Å². The van der Waals surface area contributed by atoms with E-state index in [2.05, 4.69) is 64.5 Å². The number of hydrogen-bond acceptors (Lipinski definition) is 10. The average Bonchev–Trinajstić information content (AvgIpc) is 3.08. The Balaban J connectivity index is 2.01. The molecular weight excluding hydrogens is 813 g/mol. The molecule has 0 radical (unpaired) electrons. The number of hydrogen-bond donors (Lipinski definition) is 6. The highest BCUT2D eigenvalue weighted by atomic mass is 127. The molecule has 0 unspecified atom stereocenters. The molecule has 3 amide bonds. The van der Waals surface area contributed by atoms with E-state index in [0.717, 1.165) is 19.3 Å². The molecule has 304 valence electrons. The van der Waals surface area contributed by atoms with Crippen LogP contribution in [0, 0.1) is 9.49 Å². The number of benzene rings is 1. The summed E-state index contributed by atoms with van der Waals surface area (Å²) in [5.41, 5.74) is 1.19. The van der Waals surface area contributed by atoms with Gasteiger partial charge in [-0.15, -0.1) is 0 Å². The molecule has 0 aromatic heterocycles. The summed E-state index contributed by atoms with van der Waals surface area (Å²) in [4.78, 5) is 80.6. The van der Waals surface area contributed by atoms with Gasteiger partial charge >= 0.3 is 17.9 Å². The van der Waals surface area contributed by atoms with Crippen molar-refractivity contribution in [2.45, 2.75) is 64.8 Å². The van der Waals surface area contributed by atoms with Crippen molar-refractivity contribution >= 4 is 58.2 Å². The molecule has 1 aromatic carbocycles. The third kappa shape index (κ3) is 22.1. The molecule has 17 heteroatoms. The number of carbonyl (C=O) groups is 6. The van der Waals surface area contributed by atoms with Crippen molar-refractivity contribution in [2.24, 2.45) is 5.92 Å². The van der Waals surface area contributed by atoms with E-state index in [1.54, 1.807) is 14.7 Å². The van der Waals surface area contributed by atoms with Crippen LogP contribution in [-0.4, -0.2) is 168 Å². The maximum Gasteiger partial charge on any atom is 0.317 e. The van der Waals surface area contributed by atoms with Crippen LogP contribution in [0.4, 0.5) is 0 Å². The van der Waals surface area contributed by atoms with Crippen LogP contribution in [0.2, 0.25) is 0 Å². The van der Waals surface area contributed by atoms with Crippen molar-refractivity contribution in [3.63, 3.8) is 0 Å². The number of aryl methyl sites for hydroxylation is 1. The number of carboxylic acid groups (broad SMARTS) is 3. The quantitative estimate of drug-likeness (QED) is 0.0711. The van der Waals surface area contributed by atoms with E-state index >= 15 is 0 Å². The Labute approximate surface area is 332 Å². The molecule has 0 bridgehead atoms. The predicted molar refractivity (Wildman–Crippen MR) is 212 cm³/mol. The third-order valence-corrected chi connectivity index (χ3v) is 9.79. The van der Waals surface area contributed by atoms with Gasteiger partial charge in [0.1, 0.15) is 6.04 Å². The molecule has 54 heavy (non-hydrogen) atoms. The van der Waals surface area contributed by atoms with Crippen molar-refractivity contribution in [1.82, 2.24) is 35.6 Å². The first-order chi connectivity index (χ1) is 25.7. The molecule has 1 heterocycles. The molecule has 2 rings (SSSR count). The van der Waals surface area contributed by atoms with Gasteiger partial charge in [-0.1, -0.05) is 26.0 Å². The van der Waals surface area contributed by atoms with E-state index < -0.39 is 29.9 Å². The summed E-state index contributed by atoms with van der Waals surface area (Å²) >= 11 is 2.26. The fourth-order valence-electron chi connectivity index (χ4n) is 6.00. The van der Waals surface area contributed by atoms with E-state index in [1.807, 2.05) is 17.0 Å². The van der Waals surface area contributed by atoms with Crippen LogP contribution in [-0.2, 0) is 35.2 Å². The molecule has 16 nitrogen and oxygen atoms in total. The average molecular weight is 874 g/mol. The van der Waals surface area contributed by atoms with E-state index in [9.17, 15) is 44.1 Å². The Morgan fingerprint density at radius 2 is 1.11 bits per heavy atom. The van der Waals surface area contributed by atoms with Gasteiger partial charge in [0.25, 0.3) is 0 Å². The predicted octanol–water partition coefficient (Wildman–Crippen LogP) is 1.02. The zero-order valence-corrected chi connectivity index (χ0v) is 33.9. The van der Waals surface area contributed by atoms with Crippen molar-refractivity contribution in [1.29, 1.82) is 0 Å². The van der Waals surface area contributed by atoms with Gasteiger partial charge in [0, 0.05) is 75.4 Å². The summed E-state index contributed by atoms with van der Waals surface area (Å²) in [7, 11) is 0. The molecule has 1 saturated heterocycles. The van der Waals surface area contributed by atoms with Gasteiger partial charge in [-0.2, -0.15) is 0 Å². The molecule has 1 fully saturated rings. The van der Waals surface area contributed by atoms with Crippen LogP contribution in [0.3, 0.4) is 0 Å². The number of unbranched alkanes of at least 4 members (excludes halogenated alkanes) is 1. The minimum absolute atomic E-state index is 0.0238. The normalized spacial score (nSPS) is 16.1. The molecule has 0 spiro atoms. The van der Waals surface area contributed by atoms with Gasteiger partial charge in [0.15, 0.2) is 0 Å². The van der Waals surface area contributed by atoms with Crippen LogP contribution in [0.1, 0.15) is 57.9 Å². The van der Waals surface area contributed by atoms with E-state index in [-0.39, 0.29) is 90.4 Å². The first-order valence-electron chi connectivity index (χ1n) is 18.8. The first kappa shape index (κ1) is 46.8. The number of carbonyl (C=O) groups excluding carboxylic acids is 3. The van der Waals surface area contributed by atoms with Crippen molar-refractivity contribution in [2.75, 3.05) is 91.6 Å². The monoisotopic (exact) mass is 873 g/mol. The molecule has 0 aliphatic carbocycles. The van der Waals surface area contributed by atoms with Crippen molar-refractivity contribution < 1.29 is 44.1 Å². The zero-order valence-electron chi connectivity index (χ0n) is 31.8. The highest BCUT2D eigenvalue weighted by molar-refractivity contribution is 14.1. The number of rotatable bonds is 22. The second-order valence-electron chi connectivity index (χ2n) is 14.2. The van der Waals surface area contributed by atoms with Crippen LogP contribution in [0.15, 0.2) is 24.3 Å². The Morgan fingerprint density at radius 1 is 0.630 bits per heavy atom. The summed E-state index contributed by atoms with van der Waals surface area (Å²) < 4.78 is 1.17. The summed E-state index contributed by atoms with van der Waals surface area (Å²) in [6.45, 7) is 6.35. The molecule has 1 atom stereocenters. The number of carboxylic acids is 3. The van der Waals surface area contributed by atoms with Gasteiger partial charge in [-0.3, -0.25) is 48.4 Å². The summed E-state index contributed by atoms with van der Waals surface area (Å²) in [5.74, 6) is -3.43. The smallest absolute Gasteiger partial charge is 0.317 e. The molecule has 1 aliphatic rings. The van der Waals surface area contributed by atoms with Gasteiger partial charge in [-0.05, 0) is 84.7 Å². The molecule has 6 N–H and O–H groups in total. The lowest BCUT2D eigenvalue weighted by Gasteiger charge is -2.33. The molecule has 0 saturated carbocycles. The first-order valence-corrected chi connectivity index (χ1v) is 19.9. The third-order valence-electron chi connectivity index (χ3n) is 9.07. The van der Waals surface area contributed by atoms with Gasteiger partial charge in [-0.25, -0.2) is 0 Å². The van der Waals surface area contributed by atoms with Crippen LogP contribution in [0.5, 0.6) is 0 Å². The van der Waals surface area contributed by atoms with Crippen LogP contribution >= 0.6 is 22.6 Å². The minimum Gasteiger partial charge on any atom is -0.480 e. The summed E-state index contributed by atoms with van der Waals surface area (Å²) in [5, 5.41) is 37.1. The van der Waals surface area contributed by atoms with E-state index in [0.29, 0.717) is 44.7 Å². The number of aliphatic carboxylic acids is 3. The second kappa shape index (κ2) is 26.4. The van der Waals surface area contributed by atoms with Crippen LogP contribution in [0.25, 0.3) is 0 Å². The maximum absolute atomic E-state index is 13.5. The number of halogens is 1. The van der Waals surface area contributed by atoms with Crippen molar-refractivity contribution in [3.8, 4) is 0 Å². The molecule has 1 aliphatic heterocycles. The minimum atomic E-state index is -1.03. The largest absolute Gasteiger partial charge is 0.480 e. The van der Waals surface area contributed by atoms with E-state index in [4.69, 9.17) is 0 Å². The lowest BCUT2D eigenvalue weighted by molar-refractivity contribution is -0.140. The second-order valence-corrected chi connectivity index (χ2v) is 15.5. The maximum atomic E-state index is 13.5. The fourth-order valence-corrected chi connectivity index (χ4v) is 6.36. The fraction of sp³-hybridized carbons (Fsp3) is 0.676. The Kier molecular flexibility index (Phi) is 22.9. The number of nitrogens with one attached hydrogen (secondary N) is 3. The van der Waals surface area contributed by atoms with Crippen molar-refractivity contribution in [3.05, 3.63) is 33.4 Å². The summed E-state index contributed by atoms with van der Waals surface area (Å²) in [6.07, 6.45) is 4.35. The lowest BCUT2D eigenvalue weighted by Crippen LogP contribution is -2.52. The topological polar surface area (TPSA) is 212 Å². The Hall–Kier alpha value is -3.39. The number of amides is 3.